The topological polar surface area (TPSA) is 51.2 Å². The molecule has 0 unspecified atom stereocenters. The fourth-order valence-electron chi connectivity index (χ4n) is 2.01. The standard InChI is InChI=1S/C10H14O3/c1-6(12)4-7-8(5-11)10(2,3)9(7)13/h5,7-8H,4H2,1-3H3/t7-,8+/m0/s1. The molecule has 0 heterocycles. The van der Waals surface area contributed by atoms with E-state index in [4.69, 9.17) is 0 Å². The van der Waals surface area contributed by atoms with Gasteiger partial charge in [0, 0.05) is 23.7 Å². The maximum atomic E-state index is 11.5. The first-order chi connectivity index (χ1) is 5.91. The Bertz CT molecular complexity index is 265. The van der Waals surface area contributed by atoms with Gasteiger partial charge in [0.15, 0.2) is 0 Å². The highest BCUT2D eigenvalue weighted by atomic mass is 16.1. The predicted octanol–water partition coefficient (Wildman–Crippen LogP) is 1.01. The highest BCUT2D eigenvalue weighted by molar-refractivity contribution is 6.00. The molecular weight excluding hydrogens is 168 g/mol. The molecule has 1 saturated carbocycles. The molecule has 0 spiro atoms. The first-order valence-electron chi connectivity index (χ1n) is 4.40. The zero-order valence-corrected chi connectivity index (χ0v) is 8.16. The Morgan fingerprint density at radius 1 is 1.54 bits per heavy atom. The van der Waals surface area contributed by atoms with Crippen LogP contribution in [0.15, 0.2) is 0 Å². The number of aldehydes is 1. The molecule has 2 atom stereocenters. The zero-order valence-electron chi connectivity index (χ0n) is 8.16. The van der Waals surface area contributed by atoms with Crippen molar-refractivity contribution in [2.75, 3.05) is 0 Å². The van der Waals surface area contributed by atoms with Crippen molar-refractivity contribution in [3.8, 4) is 0 Å². The summed E-state index contributed by atoms with van der Waals surface area (Å²) in [7, 11) is 0. The summed E-state index contributed by atoms with van der Waals surface area (Å²) in [6, 6.07) is 0. The van der Waals surface area contributed by atoms with Crippen LogP contribution in [0.25, 0.3) is 0 Å². The minimum Gasteiger partial charge on any atom is -0.303 e. The average Bonchev–Trinajstić information content (AvgIpc) is 2.02. The third-order valence-corrected chi connectivity index (χ3v) is 2.89. The van der Waals surface area contributed by atoms with Crippen molar-refractivity contribution >= 4 is 17.9 Å². The smallest absolute Gasteiger partial charge is 0.143 e. The van der Waals surface area contributed by atoms with Gasteiger partial charge in [-0.2, -0.15) is 0 Å². The van der Waals surface area contributed by atoms with Gasteiger partial charge in [-0.15, -0.1) is 0 Å². The molecule has 0 N–H and O–H groups in total. The van der Waals surface area contributed by atoms with Gasteiger partial charge >= 0.3 is 0 Å². The Balaban J connectivity index is 2.74. The third-order valence-electron chi connectivity index (χ3n) is 2.89. The summed E-state index contributed by atoms with van der Waals surface area (Å²) in [6.07, 6.45) is 1.01. The van der Waals surface area contributed by atoms with Crippen molar-refractivity contribution in [2.45, 2.75) is 27.2 Å². The molecule has 72 valence electrons. The van der Waals surface area contributed by atoms with Crippen molar-refractivity contribution in [3.05, 3.63) is 0 Å². The lowest BCUT2D eigenvalue weighted by Gasteiger charge is -2.46. The fraction of sp³-hybridized carbons (Fsp3) is 0.700. The number of Topliss-reactive ketones (excluding diaryl/α,β-unsaturated/α-hetero) is 2. The summed E-state index contributed by atoms with van der Waals surface area (Å²) in [5.41, 5.74) is -0.554. The van der Waals surface area contributed by atoms with Crippen LogP contribution >= 0.6 is 0 Å². The lowest BCUT2D eigenvalue weighted by Crippen LogP contribution is -2.55. The van der Waals surface area contributed by atoms with Crippen molar-refractivity contribution in [3.63, 3.8) is 0 Å². The molecule has 0 bridgehead atoms. The second kappa shape index (κ2) is 3.05. The van der Waals surface area contributed by atoms with Crippen LogP contribution in [0, 0.1) is 17.3 Å². The Hall–Kier alpha value is -0.990. The van der Waals surface area contributed by atoms with Crippen molar-refractivity contribution in [1.82, 2.24) is 0 Å². The van der Waals surface area contributed by atoms with E-state index < -0.39 is 5.41 Å². The zero-order chi connectivity index (χ0) is 10.2. The van der Waals surface area contributed by atoms with Gasteiger partial charge in [-0.25, -0.2) is 0 Å². The van der Waals surface area contributed by atoms with E-state index in [1.165, 1.54) is 6.92 Å². The van der Waals surface area contributed by atoms with Gasteiger partial charge in [-0.05, 0) is 6.92 Å². The summed E-state index contributed by atoms with van der Waals surface area (Å²) in [4.78, 5) is 33.0. The predicted molar refractivity (Wildman–Crippen MR) is 47.1 cm³/mol. The summed E-state index contributed by atoms with van der Waals surface area (Å²) < 4.78 is 0. The van der Waals surface area contributed by atoms with E-state index in [0.717, 1.165) is 6.29 Å². The van der Waals surface area contributed by atoms with Crippen LogP contribution < -0.4 is 0 Å². The molecule has 1 aliphatic carbocycles. The third kappa shape index (κ3) is 1.43. The van der Waals surface area contributed by atoms with Gasteiger partial charge in [0.1, 0.15) is 17.9 Å². The van der Waals surface area contributed by atoms with E-state index in [9.17, 15) is 14.4 Å². The second-order valence-electron chi connectivity index (χ2n) is 4.26. The number of carbonyl (C=O) groups excluding carboxylic acids is 3. The SMILES string of the molecule is CC(=O)C[C@@H]1C(=O)C(C)(C)[C@@H]1C=O. The van der Waals surface area contributed by atoms with Gasteiger partial charge in [-0.1, -0.05) is 13.8 Å². The van der Waals surface area contributed by atoms with E-state index in [1.54, 1.807) is 13.8 Å². The van der Waals surface area contributed by atoms with Gasteiger partial charge in [0.25, 0.3) is 0 Å². The highest BCUT2D eigenvalue weighted by Gasteiger charge is 2.55. The molecule has 1 aliphatic rings. The van der Waals surface area contributed by atoms with E-state index in [0.29, 0.717) is 0 Å². The normalized spacial score (nSPS) is 30.8. The molecule has 0 aromatic rings. The molecule has 0 amide bonds. The number of hydrogen-bond donors (Lipinski definition) is 0. The molecule has 0 aliphatic heterocycles. The first kappa shape index (κ1) is 10.1. The van der Waals surface area contributed by atoms with Crippen LogP contribution in [0.4, 0.5) is 0 Å². The average molecular weight is 182 g/mol. The highest BCUT2D eigenvalue weighted by Crippen LogP contribution is 2.47. The van der Waals surface area contributed by atoms with Crippen LogP contribution in [-0.4, -0.2) is 17.9 Å². The molecule has 1 fully saturated rings. The molecule has 3 nitrogen and oxygen atoms in total. The maximum absolute atomic E-state index is 11.5. The quantitative estimate of drug-likeness (QED) is 0.612. The van der Waals surface area contributed by atoms with Gasteiger partial charge in [0.05, 0.1) is 0 Å². The first-order valence-corrected chi connectivity index (χ1v) is 4.40. The maximum Gasteiger partial charge on any atom is 0.143 e. The molecule has 0 saturated heterocycles. The molecule has 3 heteroatoms. The van der Waals surface area contributed by atoms with Gasteiger partial charge < -0.3 is 9.59 Å². The van der Waals surface area contributed by atoms with Crippen LogP contribution in [0.2, 0.25) is 0 Å². The van der Waals surface area contributed by atoms with Crippen molar-refractivity contribution in [1.29, 1.82) is 0 Å². The number of rotatable bonds is 3. The molecule has 0 aromatic heterocycles. The van der Waals surface area contributed by atoms with Crippen molar-refractivity contribution < 1.29 is 14.4 Å². The molecule has 13 heavy (non-hydrogen) atoms. The molecule has 1 rings (SSSR count). The van der Waals surface area contributed by atoms with E-state index >= 15 is 0 Å². The summed E-state index contributed by atoms with van der Waals surface area (Å²) >= 11 is 0. The lowest BCUT2D eigenvalue weighted by molar-refractivity contribution is -0.158. The van der Waals surface area contributed by atoms with Crippen LogP contribution in [-0.2, 0) is 14.4 Å². The fourth-order valence-corrected chi connectivity index (χ4v) is 2.01. The lowest BCUT2D eigenvalue weighted by atomic mass is 9.54. The summed E-state index contributed by atoms with van der Waals surface area (Å²) in [5.74, 6) is -0.616. The summed E-state index contributed by atoms with van der Waals surface area (Å²) in [5, 5.41) is 0. The number of hydrogen-bond acceptors (Lipinski definition) is 3. The monoisotopic (exact) mass is 182 g/mol. The van der Waals surface area contributed by atoms with Crippen LogP contribution in [0.1, 0.15) is 27.2 Å². The Morgan fingerprint density at radius 2 is 2.08 bits per heavy atom. The minimum absolute atomic E-state index is 0.0271. The molecule has 0 radical (unpaired) electrons. The minimum atomic E-state index is -0.554. The number of ketones is 2. The van der Waals surface area contributed by atoms with Gasteiger partial charge in [-0.3, -0.25) is 4.79 Å². The Morgan fingerprint density at radius 3 is 2.46 bits per heavy atom. The molecular formula is C10H14O3. The van der Waals surface area contributed by atoms with Gasteiger partial charge in [0.2, 0.25) is 0 Å². The largest absolute Gasteiger partial charge is 0.303 e. The second-order valence-corrected chi connectivity index (χ2v) is 4.26. The number of carbonyl (C=O) groups is 3. The van der Waals surface area contributed by atoms with E-state index in [-0.39, 0.29) is 29.8 Å². The Labute approximate surface area is 77.5 Å². The van der Waals surface area contributed by atoms with Crippen LogP contribution in [0.3, 0.4) is 0 Å². The Kier molecular flexibility index (Phi) is 2.37. The molecule has 0 aromatic carbocycles. The van der Waals surface area contributed by atoms with E-state index in [2.05, 4.69) is 0 Å². The summed E-state index contributed by atoms with van der Waals surface area (Å²) in [6.45, 7) is 4.95. The van der Waals surface area contributed by atoms with Crippen LogP contribution in [0.5, 0.6) is 0 Å². The van der Waals surface area contributed by atoms with Crippen molar-refractivity contribution in [2.24, 2.45) is 17.3 Å². The van der Waals surface area contributed by atoms with E-state index in [1.807, 2.05) is 0 Å².